The minimum atomic E-state index is -0.664. The lowest BCUT2D eigenvalue weighted by atomic mass is 10.1. The number of anilines is 1. The largest absolute Gasteiger partial charge is 0.334 e. The summed E-state index contributed by atoms with van der Waals surface area (Å²) in [5.41, 5.74) is 0.760. The van der Waals surface area contributed by atoms with Crippen molar-refractivity contribution in [2.75, 3.05) is 25.0 Å². The number of para-hydroxylation sites is 1. The van der Waals surface area contributed by atoms with Crippen LogP contribution in [0.5, 0.6) is 0 Å². The number of carbonyl (C=O) groups is 4. The second kappa shape index (κ2) is 6.84. The maximum atomic E-state index is 13.0. The molecule has 8 nitrogen and oxygen atoms in total. The van der Waals surface area contributed by atoms with E-state index in [2.05, 4.69) is 10.6 Å². The lowest BCUT2D eigenvalue weighted by Gasteiger charge is -2.35. The van der Waals surface area contributed by atoms with Gasteiger partial charge in [0.05, 0.1) is 22.7 Å². The molecule has 1 aromatic carbocycles. The summed E-state index contributed by atoms with van der Waals surface area (Å²) in [6.45, 7) is 0.741. The van der Waals surface area contributed by atoms with Crippen LogP contribution in [0.2, 0.25) is 0 Å². The van der Waals surface area contributed by atoms with Crippen LogP contribution >= 0.6 is 11.3 Å². The number of thiophene rings is 1. The summed E-state index contributed by atoms with van der Waals surface area (Å²) < 4.78 is 0. The van der Waals surface area contributed by atoms with Crippen LogP contribution in [0.1, 0.15) is 20.0 Å². The monoisotopic (exact) mass is 384 g/mol. The number of benzene rings is 1. The molecule has 5 amide bonds. The molecular weight excluding hydrogens is 368 g/mol. The highest BCUT2D eigenvalue weighted by atomic mass is 32.1. The highest BCUT2D eigenvalue weighted by molar-refractivity contribution is 7.12. The molecule has 27 heavy (non-hydrogen) atoms. The fraction of sp³-hybridized carbons (Fsp3) is 0.222. The first-order chi connectivity index (χ1) is 13.0. The molecule has 2 N–H and O–H groups in total. The van der Waals surface area contributed by atoms with Gasteiger partial charge in [0.2, 0.25) is 0 Å². The van der Waals surface area contributed by atoms with Crippen LogP contribution in [0.4, 0.5) is 10.5 Å². The van der Waals surface area contributed by atoms with Crippen LogP contribution in [0, 0.1) is 0 Å². The third-order valence-electron chi connectivity index (χ3n) is 4.61. The van der Waals surface area contributed by atoms with Gasteiger partial charge in [0.15, 0.2) is 0 Å². The number of urea groups is 1. The first kappa shape index (κ1) is 17.2. The Balaban J connectivity index is 1.53. The van der Waals surface area contributed by atoms with Crippen molar-refractivity contribution in [1.29, 1.82) is 0 Å². The van der Waals surface area contributed by atoms with Gasteiger partial charge in [-0.05, 0) is 23.6 Å². The first-order valence-corrected chi connectivity index (χ1v) is 9.27. The molecular formula is C18H16N4O4S. The number of nitrogens with one attached hydrogen (secondary N) is 2. The molecule has 2 fully saturated rings. The number of hydrogen-bond acceptors (Lipinski definition) is 5. The van der Waals surface area contributed by atoms with E-state index in [0.717, 1.165) is 0 Å². The molecule has 2 aliphatic heterocycles. The van der Waals surface area contributed by atoms with E-state index in [4.69, 9.17) is 0 Å². The predicted octanol–water partition coefficient (Wildman–Crippen LogP) is 1.38. The van der Waals surface area contributed by atoms with Crippen LogP contribution < -0.4 is 10.6 Å². The second-order valence-corrected chi connectivity index (χ2v) is 7.18. The Bertz CT molecular complexity index is 927. The minimum absolute atomic E-state index is 0.129. The lowest BCUT2D eigenvalue weighted by molar-refractivity contribution is -0.122. The summed E-state index contributed by atoms with van der Waals surface area (Å²) in [5.74, 6) is -0.962. The number of carbonyl (C=O) groups excluding carboxylic acids is 4. The van der Waals surface area contributed by atoms with Gasteiger partial charge in [0.1, 0.15) is 6.04 Å². The van der Waals surface area contributed by atoms with Crippen LogP contribution in [-0.2, 0) is 4.79 Å². The molecule has 0 spiro atoms. The summed E-state index contributed by atoms with van der Waals surface area (Å²) in [6.07, 6.45) is 0. The number of nitrogens with zero attached hydrogens (tertiary/aromatic N) is 2. The van der Waals surface area contributed by atoms with Gasteiger partial charge in [-0.15, -0.1) is 11.3 Å². The standard InChI is InChI=1S/C18H16N4O4S/c23-15-13-10-21(7-8-22(13)18(26)20-15)17(25)11-4-1-2-5-12(11)19-16(24)14-6-3-9-27-14/h1-6,9,13H,7-8,10H2,(H,19,24)(H,20,23,26)/t13-/m1/s1. The van der Waals surface area contributed by atoms with Crippen molar-refractivity contribution >= 4 is 40.8 Å². The Morgan fingerprint density at radius 3 is 2.70 bits per heavy atom. The van der Waals surface area contributed by atoms with Crippen molar-refractivity contribution in [3.63, 3.8) is 0 Å². The van der Waals surface area contributed by atoms with Gasteiger partial charge in [-0.25, -0.2) is 4.79 Å². The second-order valence-electron chi connectivity index (χ2n) is 6.23. The molecule has 2 aromatic rings. The van der Waals surface area contributed by atoms with Crippen molar-refractivity contribution in [3.8, 4) is 0 Å². The quantitative estimate of drug-likeness (QED) is 0.781. The van der Waals surface area contributed by atoms with Gasteiger partial charge in [0.25, 0.3) is 17.7 Å². The Morgan fingerprint density at radius 2 is 1.93 bits per heavy atom. The molecule has 0 aliphatic carbocycles. The van der Waals surface area contributed by atoms with Crippen molar-refractivity contribution in [2.24, 2.45) is 0 Å². The van der Waals surface area contributed by atoms with Crippen LogP contribution in [0.3, 0.4) is 0 Å². The molecule has 0 unspecified atom stereocenters. The number of fused-ring (bicyclic) bond motifs is 1. The average molecular weight is 384 g/mol. The van der Waals surface area contributed by atoms with E-state index >= 15 is 0 Å². The van der Waals surface area contributed by atoms with E-state index in [1.807, 2.05) is 0 Å². The van der Waals surface area contributed by atoms with Crippen molar-refractivity contribution in [1.82, 2.24) is 15.1 Å². The lowest BCUT2D eigenvalue weighted by Crippen LogP contribution is -2.54. The van der Waals surface area contributed by atoms with Gasteiger partial charge in [-0.1, -0.05) is 18.2 Å². The fourth-order valence-electron chi connectivity index (χ4n) is 3.24. The van der Waals surface area contributed by atoms with E-state index in [-0.39, 0.29) is 24.9 Å². The van der Waals surface area contributed by atoms with E-state index in [1.165, 1.54) is 21.1 Å². The SMILES string of the molecule is O=C(Nc1ccccc1C(=O)N1CCN2C(=O)NC(=O)[C@H]2C1)c1cccs1. The summed E-state index contributed by atoms with van der Waals surface area (Å²) in [7, 11) is 0. The fourth-order valence-corrected chi connectivity index (χ4v) is 3.85. The number of rotatable bonds is 3. The predicted molar refractivity (Wildman–Crippen MR) is 98.7 cm³/mol. The summed E-state index contributed by atoms with van der Waals surface area (Å²) in [6, 6.07) is 9.17. The third kappa shape index (κ3) is 3.17. The van der Waals surface area contributed by atoms with E-state index in [9.17, 15) is 19.2 Å². The van der Waals surface area contributed by atoms with Crippen LogP contribution in [-0.4, -0.2) is 59.2 Å². The molecule has 2 aliphatic rings. The smallest absolute Gasteiger partial charge is 0.324 e. The normalized spacial score (nSPS) is 18.9. The molecule has 0 radical (unpaired) electrons. The molecule has 4 rings (SSSR count). The summed E-state index contributed by atoms with van der Waals surface area (Å²) >= 11 is 1.31. The maximum Gasteiger partial charge on any atom is 0.324 e. The van der Waals surface area contributed by atoms with Gasteiger partial charge in [0, 0.05) is 13.1 Å². The van der Waals surface area contributed by atoms with Gasteiger partial charge < -0.3 is 15.1 Å². The zero-order valence-electron chi connectivity index (χ0n) is 14.2. The maximum absolute atomic E-state index is 13.0. The molecule has 1 atom stereocenters. The Labute approximate surface area is 158 Å². The number of piperazine rings is 1. The third-order valence-corrected chi connectivity index (χ3v) is 5.48. The molecule has 0 bridgehead atoms. The number of amides is 5. The van der Waals surface area contributed by atoms with Crippen LogP contribution in [0.15, 0.2) is 41.8 Å². The molecule has 3 heterocycles. The number of imide groups is 1. The topological polar surface area (TPSA) is 98.8 Å². The van der Waals surface area contributed by atoms with Gasteiger partial charge >= 0.3 is 6.03 Å². The summed E-state index contributed by atoms with van der Waals surface area (Å²) in [4.78, 5) is 52.5. The van der Waals surface area contributed by atoms with Gasteiger partial charge in [-0.2, -0.15) is 0 Å². The van der Waals surface area contributed by atoms with E-state index in [1.54, 1.807) is 41.8 Å². The Kier molecular flexibility index (Phi) is 4.36. The highest BCUT2D eigenvalue weighted by Gasteiger charge is 2.43. The van der Waals surface area contributed by atoms with Crippen LogP contribution in [0.25, 0.3) is 0 Å². The minimum Gasteiger partial charge on any atom is -0.334 e. The Morgan fingerprint density at radius 1 is 1.11 bits per heavy atom. The van der Waals surface area contributed by atoms with E-state index in [0.29, 0.717) is 22.7 Å². The molecule has 0 saturated carbocycles. The average Bonchev–Trinajstić information content (AvgIpc) is 3.30. The van der Waals surface area contributed by atoms with Gasteiger partial charge in [-0.3, -0.25) is 19.7 Å². The van der Waals surface area contributed by atoms with Crippen molar-refractivity contribution in [2.45, 2.75) is 6.04 Å². The molecule has 2 saturated heterocycles. The van der Waals surface area contributed by atoms with Crippen molar-refractivity contribution < 1.29 is 19.2 Å². The number of hydrogen-bond donors (Lipinski definition) is 2. The zero-order valence-corrected chi connectivity index (χ0v) is 15.0. The van der Waals surface area contributed by atoms with E-state index < -0.39 is 18.0 Å². The first-order valence-electron chi connectivity index (χ1n) is 8.39. The summed E-state index contributed by atoms with van der Waals surface area (Å²) in [5, 5.41) is 6.85. The molecule has 1 aromatic heterocycles. The highest BCUT2D eigenvalue weighted by Crippen LogP contribution is 2.22. The zero-order chi connectivity index (χ0) is 19.0. The van der Waals surface area contributed by atoms with Crippen molar-refractivity contribution in [3.05, 3.63) is 52.2 Å². The Hall–Kier alpha value is -3.20. The molecule has 9 heteroatoms. The molecule has 138 valence electrons.